The Balaban J connectivity index is 1.67. The van der Waals surface area contributed by atoms with Crippen LogP contribution in [0.4, 0.5) is 5.69 Å². The largest absolute Gasteiger partial charge is 0.467 e. The molecule has 0 N–H and O–H groups in total. The van der Waals surface area contributed by atoms with Gasteiger partial charge in [-0.25, -0.2) is 0 Å². The minimum absolute atomic E-state index is 0.0195. The zero-order valence-electron chi connectivity index (χ0n) is 17.9. The van der Waals surface area contributed by atoms with Crippen molar-refractivity contribution in [2.75, 3.05) is 6.79 Å². The number of rotatable bonds is 4. The van der Waals surface area contributed by atoms with Crippen LogP contribution >= 0.6 is 0 Å². The van der Waals surface area contributed by atoms with Gasteiger partial charge in [-0.3, -0.25) is 19.8 Å². The number of benzene rings is 1. The van der Waals surface area contributed by atoms with Crippen LogP contribution in [0.15, 0.2) is 12.1 Å². The fourth-order valence-electron chi connectivity index (χ4n) is 5.08. The molecule has 3 aliphatic rings. The molecule has 8 heteroatoms. The molecule has 1 aliphatic carbocycles. The van der Waals surface area contributed by atoms with Crippen molar-refractivity contribution in [1.29, 1.82) is 0 Å². The molecule has 8 nitrogen and oxygen atoms in total. The SMILES string of the molecule is CC(C)(C)OC(=O)C1CC2CCCCC2N1Cc1cc([N+](=O)[O-])cc2c1OCOC2. The van der Waals surface area contributed by atoms with E-state index in [4.69, 9.17) is 14.2 Å². The Morgan fingerprint density at radius 2 is 2.07 bits per heavy atom. The lowest BCUT2D eigenvalue weighted by molar-refractivity contribution is -0.385. The highest BCUT2D eigenvalue weighted by Gasteiger charge is 2.46. The van der Waals surface area contributed by atoms with E-state index in [-0.39, 0.29) is 37.1 Å². The molecular formula is C22H30N2O6. The average Bonchev–Trinajstić information content (AvgIpc) is 3.05. The number of nitro groups is 1. The zero-order valence-corrected chi connectivity index (χ0v) is 17.9. The molecule has 2 fully saturated rings. The molecule has 1 aromatic rings. The number of esters is 1. The van der Waals surface area contributed by atoms with Crippen molar-refractivity contribution in [2.24, 2.45) is 5.92 Å². The Morgan fingerprint density at radius 1 is 1.30 bits per heavy atom. The molecule has 164 valence electrons. The maximum atomic E-state index is 13.0. The summed E-state index contributed by atoms with van der Waals surface area (Å²) >= 11 is 0. The molecule has 30 heavy (non-hydrogen) atoms. The van der Waals surface area contributed by atoms with Crippen molar-refractivity contribution in [3.05, 3.63) is 33.4 Å². The van der Waals surface area contributed by atoms with Gasteiger partial charge >= 0.3 is 5.97 Å². The normalized spacial score (nSPS) is 26.4. The van der Waals surface area contributed by atoms with Gasteiger partial charge in [-0.1, -0.05) is 12.8 Å². The summed E-state index contributed by atoms with van der Waals surface area (Å²) < 4.78 is 16.8. The highest BCUT2D eigenvalue weighted by Crippen LogP contribution is 2.43. The van der Waals surface area contributed by atoms with Gasteiger partial charge in [-0.15, -0.1) is 0 Å². The van der Waals surface area contributed by atoms with Gasteiger partial charge in [-0.05, 0) is 46.0 Å². The van der Waals surface area contributed by atoms with E-state index >= 15 is 0 Å². The van der Waals surface area contributed by atoms with Crippen LogP contribution in [-0.2, 0) is 27.4 Å². The van der Waals surface area contributed by atoms with Gasteiger partial charge < -0.3 is 14.2 Å². The molecule has 4 rings (SSSR count). The van der Waals surface area contributed by atoms with E-state index in [0.717, 1.165) is 31.2 Å². The van der Waals surface area contributed by atoms with E-state index in [1.54, 1.807) is 6.07 Å². The monoisotopic (exact) mass is 418 g/mol. The van der Waals surface area contributed by atoms with Crippen molar-refractivity contribution in [3.63, 3.8) is 0 Å². The van der Waals surface area contributed by atoms with Crippen LogP contribution in [0.1, 0.15) is 64.0 Å². The van der Waals surface area contributed by atoms with E-state index in [2.05, 4.69) is 4.90 Å². The maximum absolute atomic E-state index is 13.0. The molecule has 2 heterocycles. The van der Waals surface area contributed by atoms with Gasteiger partial charge in [0.2, 0.25) is 0 Å². The Bertz CT molecular complexity index is 834. The standard InChI is InChI=1S/C22H30N2O6/c1-22(2,3)30-21(25)19-10-14-6-4-5-7-18(14)23(19)11-15-8-17(24(26)27)9-16-12-28-13-29-20(15)16/h8-9,14,18-19H,4-7,10-13H2,1-3H3. The number of hydrogen-bond donors (Lipinski definition) is 0. The minimum atomic E-state index is -0.554. The van der Waals surface area contributed by atoms with Crippen LogP contribution < -0.4 is 4.74 Å². The number of nitro benzene ring substituents is 1. The van der Waals surface area contributed by atoms with Crippen LogP contribution in [0, 0.1) is 16.0 Å². The summed E-state index contributed by atoms with van der Waals surface area (Å²) in [6.45, 7) is 6.46. The number of ether oxygens (including phenoxy) is 3. The number of nitrogens with zero attached hydrogens (tertiary/aromatic N) is 2. The molecule has 3 unspecified atom stereocenters. The molecule has 0 aromatic heterocycles. The highest BCUT2D eigenvalue weighted by molar-refractivity contribution is 5.77. The second-order valence-corrected chi connectivity index (χ2v) is 9.53. The van der Waals surface area contributed by atoms with Gasteiger partial charge in [0.25, 0.3) is 5.69 Å². The number of hydrogen-bond acceptors (Lipinski definition) is 7. The third-order valence-electron chi connectivity index (χ3n) is 6.24. The van der Waals surface area contributed by atoms with Crippen molar-refractivity contribution in [1.82, 2.24) is 4.90 Å². The number of carbonyl (C=O) groups excluding carboxylic acids is 1. The molecule has 1 aromatic carbocycles. The molecule has 0 amide bonds. The first-order chi connectivity index (χ1) is 14.2. The van der Waals surface area contributed by atoms with E-state index in [9.17, 15) is 14.9 Å². The Labute approximate surface area is 176 Å². The van der Waals surface area contributed by atoms with Gasteiger partial charge in [0.1, 0.15) is 17.4 Å². The molecule has 1 saturated heterocycles. The summed E-state index contributed by atoms with van der Waals surface area (Å²) in [5, 5.41) is 11.5. The maximum Gasteiger partial charge on any atom is 0.323 e. The second kappa shape index (κ2) is 8.15. The van der Waals surface area contributed by atoms with Gasteiger partial charge in [0, 0.05) is 35.8 Å². The number of non-ortho nitro benzene ring substituents is 1. The van der Waals surface area contributed by atoms with Crippen molar-refractivity contribution < 1.29 is 23.9 Å². The summed E-state index contributed by atoms with van der Waals surface area (Å²) in [4.78, 5) is 26.3. The van der Waals surface area contributed by atoms with Crippen LogP contribution in [-0.4, -0.2) is 40.3 Å². The van der Waals surface area contributed by atoms with Crippen molar-refractivity contribution >= 4 is 11.7 Å². The zero-order chi connectivity index (χ0) is 21.5. The molecule has 0 spiro atoms. The second-order valence-electron chi connectivity index (χ2n) is 9.53. The van der Waals surface area contributed by atoms with Crippen LogP contribution in [0.2, 0.25) is 0 Å². The topological polar surface area (TPSA) is 91.1 Å². The Morgan fingerprint density at radius 3 is 2.80 bits per heavy atom. The lowest BCUT2D eigenvalue weighted by Crippen LogP contribution is -2.44. The van der Waals surface area contributed by atoms with Crippen molar-refractivity contribution in [3.8, 4) is 5.75 Å². The predicted octanol–water partition coefficient (Wildman–Crippen LogP) is 3.94. The van der Waals surface area contributed by atoms with Gasteiger partial charge in [0.05, 0.1) is 11.5 Å². The first-order valence-corrected chi connectivity index (χ1v) is 10.7. The quantitative estimate of drug-likeness (QED) is 0.415. The molecule has 0 bridgehead atoms. The van der Waals surface area contributed by atoms with Gasteiger partial charge in [0.15, 0.2) is 6.79 Å². The van der Waals surface area contributed by atoms with Crippen LogP contribution in [0.25, 0.3) is 0 Å². The fraction of sp³-hybridized carbons (Fsp3) is 0.682. The van der Waals surface area contributed by atoms with E-state index in [1.807, 2.05) is 20.8 Å². The summed E-state index contributed by atoms with van der Waals surface area (Å²) in [6, 6.07) is 3.03. The molecule has 0 radical (unpaired) electrons. The van der Waals surface area contributed by atoms with Crippen molar-refractivity contribution in [2.45, 2.75) is 83.7 Å². The number of carbonyl (C=O) groups is 1. The smallest absolute Gasteiger partial charge is 0.323 e. The first kappa shape index (κ1) is 21.1. The number of likely N-dealkylation sites (tertiary alicyclic amines) is 1. The highest BCUT2D eigenvalue weighted by atomic mass is 16.7. The Kier molecular flexibility index (Phi) is 5.72. The summed E-state index contributed by atoms with van der Waals surface area (Å²) in [5.74, 6) is 0.893. The lowest BCUT2D eigenvalue weighted by Gasteiger charge is -2.34. The molecule has 2 aliphatic heterocycles. The molecular weight excluding hydrogens is 388 g/mol. The lowest BCUT2D eigenvalue weighted by atomic mass is 9.84. The molecule has 3 atom stereocenters. The third-order valence-corrected chi connectivity index (χ3v) is 6.24. The third kappa shape index (κ3) is 4.30. The molecule has 1 saturated carbocycles. The predicted molar refractivity (Wildman–Crippen MR) is 109 cm³/mol. The van der Waals surface area contributed by atoms with E-state index in [1.165, 1.54) is 12.5 Å². The summed E-state index contributed by atoms with van der Waals surface area (Å²) in [6.07, 6.45) is 5.24. The first-order valence-electron chi connectivity index (χ1n) is 10.7. The Hall–Kier alpha value is -2.19. The van der Waals surface area contributed by atoms with Gasteiger partial charge in [-0.2, -0.15) is 0 Å². The minimum Gasteiger partial charge on any atom is -0.467 e. The fourth-order valence-corrected chi connectivity index (χ4v) is 5.08. The van der Waals surface area contributed by atoms with E-state index < -0.39 is 10.5 Å². The van der Waals surface area contributed by atoms with Crippen LogP contribution in [0.3, 0.4) is 0 Å². The summed E-state index contributed by atoms with van der Waals surface area (Å²) in [7, 11) is 0. The van der Waals surface area contributed by atoms with Crippen LogP contribution in [0.5, 0.6) is 5.75 Å². The van der Waals surface area contributed by atoms with E-state index in [0.29, 0.717) is 23.8 Å². The average molecular weight is 418 g/mol. The summed E-state index contributed by atoms with van der Waals surface area (Å²) in [5.41, 5.74) is 0.883. The number of fused-ring (bicyclic) bond motifs is 2.